The molecule has 0 bridgehead atoms. The highest BCUT2D eigenvalue weighted by atomic mass is 35.5. The van der Waals surface area contributed by atoms with Crippen LogP contribution in [0.4, 0.5) is 0 Å². The molecule has 2 aromatic rings. The van der Waals surface area contributed by atoms with E-state index < -0.39 is 0 Å². The average Bonchev–Trinajstić information content (AvgIpc) is 2.57. The molecule has 2 N–H and O–H groups in total. The van der Waals surface area contributed by atoms with E-state index in [1.54, 1.807) is 0 Å². The number of aromatic nitrogens is 2. The fourth-order valence-corrected chi connectivity index (χ4v) is 2.00. The molecule has 1 aromatic heterocycles. The van der Waals surface area contributed by atoms with Crippen molar-refractivity contribution in [2.75, 3.05) is 0 Å². The monoisotopic (exact) mass is 253 g/mol. The van der Waals surface area contributed by atoms with Crippen LogP contribution in [0.5, 0.6) is 0 Å². The fourth-order valence-electron chi connectivity index (χ4n) is 2.00. The number of para-hydroxylation sites is 2. The van der Waals surface area contributed by atoms with Crippen molar-refractivity contribution in [3.05, 3.63) is 30.1 Å². The molecule has 0 fully saturated rings. The predicted molar refractivity (Wildman–Crippen MR) is 74.4 cm³/mol. The topological polar surface area (TPSA) is 43.8 Å². The molecule has 0 saturated carbocycles. The van der Waals surface area contributed by atoms with Crippen molar-refractivity contribution in [2.24, 2.45) is 11.7 Å². The van der Waals surface area contributed by atoms with Crippen LogP contribution in [-0.4, -0.2) is 9.55 Å². The Morgan fingerprint density at radius 1 is 1.24 bits per heavy atom. The Labute approximate surface area is 108 Å². The van der Waals surface area contributed by atoms with Gasteiger partial charge in [-0.25, -0.2) is 4.98 Å². The van der Waals surface area contributed by atoms with Gasteiger partial charge in [-0.2, -0.15) is 0 Å². The van der Waals surface area contributed by atoms with Gasteiger partial charge in [0, 0.05) is 6.54 Å². The lowest BCUT2D eigenvalue weighted by molar-refractivity contribution is 0.505. The molecule has 0 aliphatic heterocycles. The highest BCUT2D eigenvalue weighted by Crippen LogP contribution is 2.20. The molecule has 0 aliphatic rings. The summed E-state index contributed by atoms with van der Waals surface area (Å²) in [5.41, 5.74) is 8.19. The van der Waals surface area contributed by atoms with Gasteiger partial charge in [-0.1, -0.05) is 26.0 Å². The van der Waals surface area contributed by atoms with Gasteiger partial charge >= 0.3 is 0 Å². The number of hydrogen-bond donors (Lipinski definition) is 1. The van der Waals surface area contributed by atoms with Crippen molar-refractivity contribution >= 4 is 23.4 Å². The van der Waals surface area contributed by atoms with E-state index in [2.05, 4.69) is 29.5 Å². The number of nitrogens with two attached hydrogens (primary N) is 1. The molecule has 1 heterocycles. The van der Waals surface area contributed by atoms with E-state index >= 15 is 0 Å². The molecule has 2 rings (SSSR count). The summed E-state index contributed by atoms with van der Waals surface area (Å²) in [4.78, 5) is 4.60. The number of hydrogen-bond acceptors (Lipinski definition) is 2. The molecule has 3 nitrogen and oxygen atoms in total. The molecule has 0 amide bonds. The first-order valence-electron chi connectivity index (χ1n) is 5.80. The van der Waals surface area contributed by atoms with Crippen LogP contribution >= 0.6 is 12.4 Å². The van der Waals surface area contributed by atoms with Gasteiger partial charge < -0.3 is 10.3 Å². The van der Waals surface area contributed by atoms with Crippen LogP contribution in [0.25, 0.3) is 11.0 Å². The smallest absolute Gasteiger partial charge is 0.126 e. The van der Waals surface area contributed by atoms with E-state index in [4.69, 9.17) is 5.73 Å². The zero-order chi connectivity index (χ0) is 11.7. The SMILES string of the molecule is CC(C)Cn1c([C@@H](C)N)nc2ccccc21.Cl. The lowest BCUT2D eigenvalue weighted by atomic mass is 10.2. The minimum atomic E-state index is -0.0221. The van der Waals surface area contributed by atoms with E-state index in [0.29, 0.717) is 5.92 Å². The second-order valence-electron chi connectivity index (χ2n) is 4.75. The molecule has 0 spiro atoms. The van der Waals surface area contributed by atoms with E-state index in [9.17, 15) is 0 Å². The van der Waals surface area contributed by atoms with Crippen molar-refractivity contribution in [1.82, 2.24) is 9.55 Å². The van der Waals surface area contributed by atoms with Crippen molar-refractivity contribution in [3.63, 3.8) is 0 Å². The van der Waals surface area contributed by atoms with Crippen LogP contribution < -0.4 is 5.73 Å². The molecule has 4 heteroatoms. The van der Waals surface area contributed by atoms with Crippen molar-refractivity contribution in [3.8, 4) is 0 Å². The third-order valence-electron chi connectivity index (χ3n) is 2.64. The van der Waals surface area contributed by atoms with E-state index in [-0.39, 0.29) is 18.4 Å². The summed E-state index contributed by atoms with van der Waals surface area (Å²) in [6.07, 6.45) is 0. The number of nitrogens with zero attached hydrogens (tertiary/aromatic N) is 2. The van der Waals surface area contributed by atoms with Gasteiger partial charge in [-0.3, -0.25) is 0 Å². The quantitative estimate of drug-likeness (QED) is 0.913. The first-order valence-corrected chi connectivity index (χ1v) is 5.80. The van der Waals surface area contributed by atoms with Crippen molar-refractivity contribution < 1.29 is 0 Å². The van der Waals surface area contributed by atoms with Crippen LogP contribution in [0, 0.1) is 5.92 Å². The van der Waals surface area contributed by atoms with Crippen LogP contribution in [-0.2, 0) is 6.54 Å². The molecular weight excluding hydrogens is 234 g/mol. The first kappa shape index (κ1) is 14.0. The zero-order valence-corrected chi connectivity index (χ0v) is 11.4. The maximum Gasteiger partial charge on any atom is 0.126 e. The summed E-state index contributed by atoms with van der Waals surface area (Å²) >= 11 is 0. The maximum atomic E-state index is 5.97. The second-order valence-corrected chi connectivity index (χ2v) is 4.75. The Hall–Kier alpha value is -1.06. The standard InChI is InChI=1S/C13H19N3.ClH/c1-9(2)8-16-12-7-5-4-6-11(12)15-13(16)10(3)14;/h4-7,9-10H,8,14H2,1-3H3;1H/t10-;/m1./s1. The molecule has 17 heavy (non-hydrogen) atoms. The van der Waals surface area contributed by atoms with Gasteiger partial charge in [0.25, 0.3) is 0 Å². The Bertz CT molecular complexity index is 488. The third-order valence-corrected chi connectivity index (χ3v) is 2.64. The Kier molecular flexibility index (Phi) is 4.54. The molecular formula is C13H20ClN3. The van der Waals surface area contributed by atoms with Crippen LogP contribution in [0.3, 0.4) is 0 Å². The zero-order valence-electron chi connectivity index (χ0n) is 10.6. The molecule has 0 aliphatic carbocycles. The Morgan fingerprint density at radius 2 is 1.88 bits per heavy atom. The molecule has 1 aromatic carbocycles. The summed E-state index contributed by atoms with van der Waals surface area (Å²) in [6, 6.07) is 8.19. The lowest BCUT2D eigenvalue weighted by Gasteiger charge is -2.13. The van der Waals surface area contributed by atoms with Crippen molar-refractivity contribution in [2.45, 2.75) is 33.4 Å². The average molecular weight is 254 g/mol. The van der Waals surface area contributed by atoms with Gasteiger partial charge in [0.2, 0.25) is 0 Å². The summed E-state index contributed by atoms with van der Waals surface area (Å²) in [5, 5.41) is 0. The van der Waals surface area contributed by atoms with E-state index in [1.807, 2.05) is 25.1 Å². The lowest BCUT2D eigenvalue weighted by Crippen LogP contribution is -2.15. The summed E-state index contributed by atoms with van der Waals surface area (Å²) in [7, 11) is 0. The Morgan fingerprint density at radius 3 is 2.47 bits per heavy atom. The summed E-state index contributed by atoms with van der Waals surface area (Å²) in [5.74, 6) is 1.57. The van der Waals surface area contributed by atoms with Gasteiger partial charge in [-0.05, 0) is 25.0 Å². The fraction of sp³-hybridized carbons (Fsp3) is 0.462. The van der Waals surface area contributed by atoms with Gasteiger partial charge in [0.15, 0.2) is 0 Å². The van der Waals surface area contributed by atoms with E-state index in [0.717, 1.165) is 17.9 Å². The van der Waals surface area contributed by atoms with Crippen LogP contribution in [0.1, 0.15) is 32.6 Å². The Balaban J connectivity index is 0.00000144. The highest BCUT2D eigenvalue weighted by Gasteiger charge is 2.13. The summed E-state index contributed by atoms with van der Waals surface area (Å²) < 4.78 is 2.24. The molecule has 1 atom stereocenters. The molecule has 0 saturated heterocycles. The first-order chi connectivity index (χ1) is 7.59. The molecule has 0 unspecified atom stereocenters. The van der Waals surface area contributed by atoms with Gasteiger partial charge in [0.1, 0.15) is 5.82 Å². The highest BCUT2D eigenvalue weighted by molar-refractivity contribution is 5.85. The van der Waals surface area contributed by atoms with Crippen molar-refractivity contribution in [1.29, 1.82) is 0 Å². The third kappa shape index (κ3) is 2.79. The van der Waals surface area contributed by atoms with Gasteiger partial charge in [0.05, 0.1) is 17.1 Å². The molecule has 0 radical (unpaired) electrons. The molecule has 94 valence electrons. The minimum absolute atomic E-state index is 0. The minimum Gasteiger partial charge on any atom is -0.326 e. The number of fused-ring (bicyclic) bond motifs is 1. The largest absolute Gasteiger partial charge is 0.326 e. The number of benzene rings is 1. The number of rotatable bonds is 3. The number of imidazole rings is 1. The second kappa shape index (κ2) is 5.52. The maximum absolute atomic E-state index is 5.97. The van der Waals surface area contributed by atoms with E-state index in [1.165, 1.54) is 5.52 Å². The van der Waals surface area contributed by atoms with Gasteiger partial charge in [-0.15, -0.1) is 12.4 Å². The normalized spacial score (nSPS) is 12.8. The number of halogens is 1. The predicted octanol–water partition coefficient (Wildman–Crippen LogP) is 3.13. The summed E-state index contributed by atoms with van der Waals surface area (Å²) in [6.45, 7) is 7.37. The van der Waals surface area contributed by atoms with Crippen LogP contribution in [0.15, 0.2) is 24.3 Å². The van der Waals surface area contributed by atoms with Crippen LogP contribution in [0.2, 0.25) is 0 Å².